The zero-order chi connectivity index (χ0) is 18.0. The molecule has 2 aliphatic rings. The Kier molecular flexibility index (Phi) is 5.10. The van der Waals surface area contributed by atoms with Crippen molar-refractivity contribution in [1.29, 1.82) is 0 Å². The first kappa shape index (κ1) is 17.9. The highest BCUT2D eigenvalue weighted by atomic mass is 32.2. The van der Waals surface area contributed by atoms with Crippen molar-refractivity contribution in [2.24, 2.45) is 5.92 Å². The van der Waals surface area contributed by atoms with Gasteiger partial charge >= 0.3 is 5.97 Å². The van der Waals surface area contributed by atoms with Crippen molar-refractivity contribution in [2.45, 2.75) is 43.0 Å². The number of hydrogen-bond acceptors (Lipinski definition) is 4. The molecule has 1 heterocycles. The molecule has 1 saturated heterocycles. The Labute approximate surface area is 147 Å². The standard InChI is InChI=1S/C17H22N2O5S/c20-16(18-13-4-3-5-13)12-8-10-19(11-9-12)25(23,24)15-7-2-1-6-14(15)17(21)22/h1-2,6-7,12-13H,3-5,8-11H2,(H,18,20)(H,21,22). The Bertz CT molecular complexity index is 765. The summed E-state index contributed by atoms with van der Waals surface area (Å²) in [6, 6.07) is 5.89. The maximum atomic E-state index is 12.8. The molecule has 1 aromatic rings. The first-order valence-corrected chi connectivity index (χ1v) is 9.96. The summed E-state index contributed by atoms with van der Waals surface area (Å²) in [5, 5.41) is 12.2. The Hall–Kier alpha value is -1.93. The van der Waals surface area contributed by atoms with Crippen LogP contribution >= 0.6 is 0 Å². The fourth-order valence-electron chi connectivity index (χ4n) is 3.24. The summed E-state index contributed by atoms with van der Waals surface area (Å²) in [6.45, 7) is 0.443. The third kappa shape index (κ3) is 3.69. The van der Waals surface area contributed by atoms with Crippen LogP contribution in [0.5, 0.6) is 0 Å². The summed E-state index contributed by atoms with van der Waals surface area (Å²) >= 11 is 0. The van der Waals surface area contributed by atoms with Crippen molar-refractivity contribution in [1.82, 2.24) is 9.62 Å². The Morgan fingerprint density at radius 3 is 2.28 bits per heavy atom. The van der Waals surface area contributed by atoms with Gasteiger partial charge in [-0.2, -0.15) is 4.31 Å². The average molecular weight is 366 g/mol. The lowest BCUT2D eigenvalue weighted by atomic mass is 9.91. The topological polar surface area (TPSA) is 104 Å². The van der Waals surface area contributed by atoms with Gasteiger partial charge in [-0.1, -0.05) is 12.1 Å². The second kappa shape index (κ2) is 7.13. The Balaban J connectivity index is 1.67. The number of piperidine rings is 1. The van der Waals surface area contributed by atoms with E-state index in [0.717, 1.165) is 19.3 Å². The van der Waals surface area contributed by atoms with E-state index in [2.05, 4.69) is 5.32 Å². The number of hydrogen-bond donors (Lipinski definition) is 2. The molecule has 2 fully saturated rings. The second-order valence-corrected chi connectivity index (χ2v) is 8.52. The smallest absolute Gasteiger partial charge is 0.337 e. The van der Waals surface area contributed by atoms with Crippen LogP contribution in [0.3, 0.4) is 0 Å². The number of benzene rings is 1. The molecule has 25 heavy (non-hydrogen) atoms. The van der Waals surface area contributed by atoms with E-state index in [9.17, 15) is 23.1 Å². The van der Waals surface area contributed by atoms with Gasteiger partial charge in [-0.05, 0) is 44.2 Å². The number of sulfonamides is 1. The van der Waals surface area contributed by atoms with Crippen molar-refractivity contribution in [3.8, 4) is 0 Å². The van der Waals surface area contributed by atoms with Gasteiger partial charge in [0, 0.05) is 25.0 Å². The molecule has 2 N–H and O–H groups in total. The molecule has 1 aliphatic heterocycles. The lowest BCUT2D eigenvalue weighted by Crippen LogP contribution is -2.47. The highest BCUT2D eigenvalue weighted by Gasteiger charge is 2.34. The number of carbonyl (C=O) groups excluding carboxylic acids is 1. The van der Waals surface area contributed by atoms with E-state index in [1.165, 1.54) is 28.6 Å². The lowest BCUT2D eigenvalue weighted by molar-refractivity contribution is -0.127. The molecule has 0 atom stereocenters. The monoisotopic (exact) mass is 366 g/mol. The van der Waals surface area contributed by atoms with Crippen LogP contribution in [-0.2, 0) is 14.8 Å². The molecule has 136 valence electrons. The van der Waals surface area contributed by atoms with Crippen LogP contribution in [-0.4, -0.2) is 48.8 Å². The van der Waals surface area contributed by atoms with Gasteiger partial charge in [-0.15, -0.1) is 0 Å². The van der Waals surface area contributed by atoms with Crippen LogP contribution in [0.1, 0.15) is 42.5 Å². The third-order valence-corrected chi connectivity index (χ3v) is 6.97. The van der Waals surface area contributed by atoms with Crippen molar-refractivity contribution >= 4 is 21.9 Å². The predicted octanol–water partition coefficient (Wildman–Crippen LogP) is 1.45. The highest BCUT2D eigenvalue weighted by Crippen LogP contribution is 2.27. The maximum absolute atomic E-state index is 12.8. The SMILES string of the molecule is O=C(O)c1ccccc1S(=O)(=O)N1CCC(C(=O)NC2CCC2)CC1. The molecular formula is C17H22N2O5S. The normalized spacial score (nSPS) is 20.0. The van der Waals surface area contributed by atoms with E-state index in [-0.39, 0.29) is 41.4 Å². The summed E-state index contributed by atoms with van der Waals surface area (Å²) in [7, 11) is -3.88. The quantitative estimate of drug-likeness (QED) is 0.821. The molecule has 1 amide bonds. The number of rotatable bonds is 5. The van der Waals surface area contributed by atoms with E-state index in [1.807, 2.05) is 0 Å². The van der Waals surface area contributed by atoms with Crippen LogP contribution in [0.15, 0.2) is 29.2 Å². The van der Waals surface area contributed by atoms with Gasteiger partial charge in [0.15, 0.2) is 0 Å². The van der Waals surface area contributed by atoms with Gasteiger partial charge in [0.2, 0.25) is 15.9 Å². The molecule has 0 radical (unpaired) electrons. The van der Waals surface area contributed by atoms with Crippen LogP contribution in [0, 0.1) is 5.92 Å². The summed E-state index contributed by atoms with van der Waals surface area (Å²) in [5.41, 5.74) is -0.229. The summed E-state index contributed by atoms with van der Waals surface area (Å²) < 4.78 is 26.8. The number of carbonyl (C=O) groups is 2. The number of amides is 1. The number of carboxylic acids is 1. The van der Waals surface area contributed by atoms with Crippen molar-refractivity contribution in [3.63, 3.8) is 0 Å². The van der Waals surface area contributed by atoms with Gasteiger partial charge in [-0.3, -0.25) is 4.79 Å². The highest BCUT2D eigenvalue weighted by molar-refractivity contribution is 7.89. The van der Waals surface area contributed by atoms with Gasteiger partial charge in [0.05, 0.1) is 10.5 Å². The number of carboxylic acid groups (broad SMARTS) is 1. The van der Waals surface area contributed by atoms with E-state index in [0.29, 0.717) is 12.8 Å². The van der Waals surface area contributed by atoms with Crippen LogP contribution in [0.25, 0.3) is 0 Å². The largest absolute Gasteiger partial charge is 0.478 e. The van der Waals surface area contributed by atoms with Crippen molar-refractivity contribution in [3.05, 3.63) is 29.8 Å². The zero-order valence-electron chi connectivity index (χ0n) is 13.8. The predicted molar refractivity (Wildman–Crippen MR) is 90.7 cm³/mol. The minimum absolute atomic E-state index is 0.00711. The summed E-state index contributed by atoms with van der Waals surface area (Å²) in [4.78, 5) is 23.3. The number of nitrogens with zero attached hydrogens (tertiary/aromatic N) is 1. The molecule has 8 heteroatoms. The van der Waals surface area contributed by atoms with E-state index < -0.39 is 16.0 Å². The average Bonchev–Trinajstić information content (AvgIpc) is 2.58. The molecule has 1 aromatic carbocycles. The molecule has 0 aromatic heterocycles. The second-order valence-electron chi connectivity index (χ2n) is 6.62. The van der Waals surface area contributed by atoms with Gasteiger partial charge in [0.25, 0.3) is 0 Å². The molecule has 0 spiro atoms. The molecule has 3 rings (SSSR count). The first-order valence-electron chi connectivity index (χ1n) is 8.52. The Morgan fingerprint density at radius 1 is 1.08 bits per heavy atom. The van der Waals surface area contributed by atoms with Gasteiger partial charge in [0.1, 0.15) is 0 Å². The minimum atomic E-state index is -3.88. The lowest BCUT2D eigenvalue weighted by Gasteiger charge is -2.33. The van der Waals surface area contributed by atoms with Crippen LogP contribution in [0.4, 0.5) is 0 Å². The van der Waals surface area contributed by atoms with Gasteiger partial charge < -0.3 is 10.4 Å². The molecular weight excluding hydrogens is 344 g/mol. The third-order valence-electron chi connectivity index (χ3n) is 5.01. The molecule has 0 unspecified atom stereocenters. The fraction of sp³-hybridized carbons (Fsp3) is 0.529. The number of nitrogens with one attached hydrogen (secondary N) is 1. The summed E-state index contributed by atoms with van der Waals surface area (Å²) in [6.07, 6.45) is 4.08. The molecule has 1 saturated carbocycles. The van der Waals surface area contributed by atoms with Crippen LogP contribution in [0.2, 0.25) is 0 Å². The molecule has 1 aliphatic carbocycles. The fourth-order valence-corrected chi connectivity index (χ4v) is 4.89. The van der Waals surface area contributed by atoms with Crippen molar-refractivity contribution < 1.29 is 23.1 Å². The molecule has 0 bridgehead atoms. The van der Waals surface area contributed by atoms with Crippen LogP contribution < -0.4 is 5.32 Å². The molecule has 7 nitrogen and oxygen atoms in total. The summed E-state index contributed by atoms with van der Waals surface area (Å²) in [5.74, 6) is -1.44. The number of aromatic carboxylic acids is 1. The van der Waals surface area contributed by atoms with Gasteiger partial charge in [-0.25, -0.2) is 13.2 Å². The zero-order valence-corrected chi connectivity index (χ0v) is 14.7. The first-order chi connectivity index (χ1) is 11.9. The Morgan fingerprint density at radius 2 is 1.72 bits per heavy atom. The van der Waals surface area contributed by atoms with E-state index in [1.54, 1.807) is 0 Å². The minimum Gasteiger partial charge on any atom is -0.478 e. The van der Waals surface area contributed by atoms with E-state index >= 15 is 0 Å². The van der Waals surface area contributed by atoms with E-state index in [4.69, 9.17) is 0 Å². The van der Waals surface area contributed by atoms with Crippen molar-refractivity contribution in [2.75, 3.05) is 13.1 Å². The maximum Gasteiger partial charge on any atom is 0.337 e.